The Morgan fingerprint density at radius 3 is 2.93 bits per heavy atom. The van der Waals surface area contributed by atoms with Gasteiger partial charge in [-0.15, -0.1) is 0 Å². The van der Waals surface area contributed by atoms with E-state index in [0.717, 1.165) is 6.42 Å². The number of hydrogen-bond donors (Lipinski definition) is 0. The minimum Gasteiger partial charge on any atom is -0.494 e. The summed E-state index contributed by atoms with van der Waals surface area (Å²) in [6.45, 7) is 3.27. The average molecular weight is 196 g/mol. The average Bonchev–Trinajstić information content (AvgIpc) is 2.98. The largest absolute Gasteiger partial charge is 0.494 e. The second-order valence-electron chi connectivity index (χ2n) is 3.35. The fraction of sp³-hybridized carbons (Fsp3) is 0.455. The molecule has 0 radical (unpaired) electrons. The lowest BCUT2D eigenvalue weighted by atomic mass is 10.1. The molecule has 1 saturated heterocycles. The number of hydrogen-bond acceptors (Lipinski definition) is 2. The number of rotatable bonds is 4. The van der Waals surface area contributed by atoms with Crippen molar-refractivity contribution in [1.29, 1.82) is 0 Å². The van der Waals surface area contributed by atoms with Crippen molar-refractivity contribution in [2.45, 2.75) is 19.4 Å². The van der Waals surface area contributed by atoms with E-state index in [-0.39, 0.29) is 11.9 Å². The molecular weight excluding hydrogens is 183 g/mol. The van der Waals surface area contributed by atoms with Crippen LogP contribution in [0, 0.1) is 5.82 Å². The number of ether oxygens (including phenoxy) is 2. The lowest BCUT2D eigenvalue weighted by Crippen LogP contribution is -1.96. The molecule has 0 aliphatic carbocycles. The molecule has 1 aromatic rings. The highest BCUT2D eigenvalue weighted by Crippen LogP contribution is 2.32. The summed E-state index contributed by atoms with van der Waals surface area (Å²) >= 11 is 0. The van der Waals surface area contributed by atoms with Gasteiger partial charge in [-0.05, 0) is 18.6 Å². The van der Waals surface area contributed by atoms with Crippen LogP contribution in [-0.4, -0.2) is 13.2 Å². The molecule has 1 unspecified atom stereocenters. The SMILES string of the molecule is CCCOc1ccc(C2CO2)c(F)c1. The van der Waals surface area contributed by atoms with E-state index in [4.69, 9.17) is 9.47 Å². The van der Waals surface area contributed by atoms with Crippen molar-refractivity contribution in [3.05, 3.63) is 29.6 Å². The molecule has 1 atom stereocenters. The van der Waals surface area contributed by atoms with Crippen LogP contribution in [0.5, 0.6) is 5.75 Å². The number of epoxide rings is 1. The predicted molar refractivity (Wildman–Crippen MR) is 50.9 cm³/mol. The van der Waals surface area contributed by atoms with Crippen LogP contribution in [-0.2, 0) is 4.74 Å². The Morgan fingerprint density at radius 1 is 1.57 bits per heavy atom. The highest BCUT2D eigenvalue weighted by Gasteiger charge is 2.27. The van der Waals surface area contributed by atoms with E-state index in [1.807, 2.05) is 6.92 Å². The summed E-state index contributed by atoms with van der Waals surface area (Å²) in [5.74, 6) is 0.356. The van der Waals surface area contributed by atoms with Gasteiger partial charge >= 0.3 is 0 Å². The van der Waals surface area contributed by atoms with Crippen molar-refractivity contribution in [3.8, 4) is 5.75 Å². The van der Waals surface area contributed by atoms with Crippen LogP contribution in [0.25, 0.3) is 0 Å². The molecule has 1 aliphatic rings. The number of halogens is 1. The minimum absolute atomic E-state index is 0.0322. The molecule has 0 saturated carbocycles. The van der Waals surface area contributed by atoms with Crippen LogP contribution in [0.1, 0.15) is 25.0 Å². The molecule has 1 aromatic carbocycles. The second-order valence-corrected chi connectivity index (χ2v) is 3.35. The van der Waals surface area contributed by atoms with Gasteiger partial charge < -0.3 is 9.47 Å². The summed E-state index contributed by atoms with van der Waals surface area (Å²) in [4.78, 5) is 0. The van der Waals surface area contributed by atoms with Crippen molar-refractivity contribution in [2.24, 2.45) is 0 Å². The zero-order chi connectivity index (χ0) is 9.97. The van der Waals surface area contributed by atoms with E-state index in [9.17, 15) is 4.39 Å². The fourth-order valence-corrected chi connectivity index (χ4v) is 1.31. The molecular formula is C11H13FO2. The van der Waals surface area contributed by atoms with Crippen molar-refractivity contribution in [1.82, 2.24) is 0 Å². The molecule has 2 nitrogen and oxygen atoms in total. The Balaban J connectivity index is 2.09. The predicted octanol–water partition coefficient (Wildman–Crippen LogP) is 2.69. The third kappa shape index (κ3) is 2.04. The Labute approximate surface area is 82.6 Å². The van der Waals surface area contributed by atoms with Crippen molar-refractivity contribution in [3.63, 3.8) is 0 Å². The van der Waals surface area contributed by atoms with E-state index in [1.165, 1.54) is 6.07 Å². The van der Waals surface area contributed by atoms with Gasteiger partial charge in [0, 0.05) is 11.6 Å². The summed E-state index contributed by atoms with van der Waals surface area (Å²) in [6.07, 6.45) is 0.894. The van der Waals surface area contributed by atoms with Crippen LogP contribution in [0.4, 0.5) is 4.39 Å². The van der Waals surface area contributed by atoms with Crippen molar-refractivity contribution >= 4 is 0 Å². The third-order valence-corrected chi connectivity index (χ3v) is 2.12. The van der Waals surface area contributed by atoms with E-state index < -0.39 is 0 Å². The molecule has 1 aliphatic heterocycles. The van der Waals surface area contributed by atoms with Crippen LogP contribution in [0.15, 0.2) is 18.2 Å². The van der Waals surface area contributed by atoms with Gasteiger partial charge in [0.25, 0.3) is 0 Å². The van der Waals surface area contributed by atoms with E-state index in [2.05, 4.69) is 0 Å². The highest BCUT2D eigenvalue weighted by molar-refractivity contribution is 5.31. The van der Waals surface area contributed by atoms with Crippen LogP contribution in [0.3, 0.4) is 0 Å². The van der Waals surface area contributed by atoms with Crippen LogP contribution < -0.4 is 4.74 Å². The van der Waals surface area contributed by atoms with Crippen molar-refractivity contribution in [2.75, 3.05) is 13.2 Å². The van der Waals surface area contributed by atoms with E-state index >= 15 is 0 Å². The molecule has 0 spiro atoms. The first kappa shape index (κ1) is 9.46. The molecule has 0 bridgehead atoms. The van der Waals surface area contributed by atoms with E-state index in [1.54, 1.807) is 12.1 Å². The van der Waals surface area contributed by atoms with Gasteiger partial charge in [-0.25, -0.2) is 4.39 Å². The van der Waals surface area contributed by atoms with Gasteiger partial charge in [0.2, 0.25) is 0 Å². The zero-order valence-corrected chi connectivity index (χ0v) is 8.13. The van der Waals surface area contributed by atoms with Crippen molar-refractivity contribution < 1.29 is 13.9 Å². The minimum atomic E-state index is -0.235. The van der Waals surface area contributed by atoms with Gasteiger partial charge in [-0.2, -0.15) is 0 Å². The smallest absolute Gasteiger partial charge is 0.132 e. The molecule has 76 valence electrons. The Kier molecular flexibility index (Phi) is 2.68. The van der Waals surface area contributed by atoms with E-state index in [0.29, 0.717) is 24.5 Å². The maximum Gasteiger partial charge on any atom is 0.132 e. The molecule has 1 fully saturated rings. The quantitative estimate of drug-likeness (QED) is 0.690. The van der Waals surface area contributed by atoms with Gasteiger partial charge in [0.1, 0.15) is 17.7 Å². The first-order chi connectivity index (χ1) is 6.81. The Hall–Kier alpha value is -1.09. The van der Waals surface area contributed by atoms with Gasteiger partial charge in [0.05, 0.1) is 13.2 Å². The number of benzene rings is 1. The molecule has 0 aromatic heterocycles. The maximum absolute atomic E-state index is 13.4. The zero-order valence-electron chi connectivity index (χ0n) is 8.13. The maximum atomic E-state index is 13.4. The molecule has 0 amide bonds. The summed E-state index contributed by atoms with van der Waals surface area (Å²) in [6, 6.07) is 4.94. The molecule has 2 rings (SSSR count). The normalized spacial score (nSPS) is 19.4. The monoisotopic (exact) mass is 196 g/mol. The first-order valence-electron chi connectivity index (χ1n) is 4.85. The molecule has 0 N–H and O–H groups in total. The van der Waals surface area contributed by atoms with Crippen LogP contribution in [0.2, 0.25) is 0 Å². The second kappa shape index (κ2) is 3.96. The molecule has 1 heterocycles. The van der Waals surface area contributed by atoms with Gasteiger partial charge in [-0.1, -0.05) is 6.92 Å². The topological polar surface area (TPSA) is 21.8 Å². The summed E-state index contributed by atoms with van der Waals surface area (Å²) < 4.78 is 23.7. The molecule has 3 heteroatoms. The van der Waals surface area contributed by atoms with Gasteiger partial charge in [0.15, 0.2) is 0 Å². The summed E-state index contributed by atoms with van der Waals surface area (Å²) in [5.41, 5.74) is 0.633. The summed E-state index contributed by atoms with van der Waals surface area (Å²) in [5, 5.41) is 0. The van der Waals surface area contributed by atoms with Gasteiger partial charge in [-0.3, -0.25) is 0 Å². The summed E-state index contributed by atoms with van der Waals surface area (Å²) in [7, 11) is 0. The lowest BCUT2D eigenvalue weighted by molar-refractivity contribution is 0.315. The van der Waals surface area contributed by atoms with Crippen LogP contribution >= 0.6 is 0 Å². The lowest BCUT2D eigenvalue weighted by Gasteiger charge is -2.05. The Morgan fingerprint density at radius 2 is 2.36 bits per heavy atom. The molecule has 14 heavy (non-hydrogen) atoms. The Bertz CT molecular complexity index is 321. The standard InChI is InChI=1S/C11H13FO2/c1-2-5-13-8-3-4-9(10(12)6-8)11-7-14-11/h3-4,6,11H,2,5,7H2,1H3. The third-order valence-electron chi connectivity index (χ3n) is 2.12. The fourth-order valence-electron chi connectivity index (χ4n) is 1.31. The first-order valence-corrected chi connectivity index (χ1v) is 4.85. The highest BCUT2D eigenvalue weighted by atomic mass is 19.1.